The maximum atomic E-state index is 13.0. The summed E-state index contributed by atoms with van der Waals surface area (Å²) in [5.74, 6) is 0.855. The van der Waals surface area contributed by atoms with E-state index >= 15 is 0 Å². The number of ketones is 1. The fourth-order valence-electron chi connectivity index (χ4n) is 4.56. The van der Waals surface area contributed by atoms with Crippen LogP contribution in [0.15, 0.2) is 12.3 Å². The van der Waals surface area contributed by atoms with E-state index in [4.69, 9.17) is 5.73 Å². The van der Waals surface area contributed by atoms with Crippen molar-refractivity contribution in [3.05, 3.63) is 17.8 Å². The van der Waals surface area contributed by atoms with Crippen molar-refractivity contribution in [3.63, 3.8) is 0 Å². The molecule has 0 spiro atoms. The Morgan fingerprint density at radius 1 is 1.23 bits per heavy atom. The molecular formula is C20H30N4O2. The van der Waals surface area contributed by atoms with E-state index < -0.39 is 5.91 Å². The first kappa shape index (κ1) is 18.8. The number of pyridine rings is 1. The molecule has 1 amide bonds. The molecular weight excluding hydrogens is 328 g/mol. The van der Waals surface area contributed by atoms with Crippen molar-refractivity contribution in [2.24, 2.45) is 23.7 Å². The summed E-state index contributed by atoms with van der Waals surface area (Å²) in [4.78, 5) is 29.6. The van der Waals surface area contributed by atoms with E-state index in [-0.39, 0.29) is 11.7 Å². The molecule has 0 radical (unpaired) electrons. The SMILES string of the molecule is Cc1cc(NC(=O)C(=O)C2C[C@@H](C)CC[C@@H]2C2CCNCC2)cnc1N. The van der Waals surface area contributed by atoms with Gasteiger partial charge in [-0.25, -0.2) is 4.98 Å². The molecule has 0 aromatic carbocycles. The fourth-order valence-corrected chi connectivity index (χ4v) is 4.56. The molecule has 1 saturated carbocycles. The first-order valence-corrected chi connectivity index (χ1v) is 9.73. The van der Waals surface area contributed by atoms with E-state index in [1.54, 1.807) is 6.07 Å². The smallest absolute Gasteiger partial charge is 0.292 e. The van der Waals surface area contributed by atoms with E-state index in [0.29, 0.717) is 29.3 Å². The summed E-state index contributed by atoms with van der Waals surface area (Å²) in [6.45, 7) is 6.04. The highest BCUT2D eigenvalue weighted by molar-refractivity contribution is 6.41. The zero-order chi connectivity index (χ0) is 18.7. The third-order valence-electron chi connectivity index (χ3n) is 6.09. The molecule has 6 heteroatoms. The van der Waals surface area contributed by atoms with Crippen LogP contribution in [0.2, 0.25) is 0 Å². The van der Waals surface area contributed by atoms with Gasteiger partial charge in [-0.1, -0.05) is 13.3 Å². The topological polar surface area (TPSA) is 97.1 Å². The van der Waals surface area contributed by atoms with Crippen molar-refractivity contribution in [3.8, 4) is 0 Å². The van der Waals surface area contributed by atoms with E-state index in [1.165, 1.54) is 6.20 Å². The molecule has 142 valence electrons. The second kappa shape index (κ2) is 8.16. The highest BCUT2D eigenvalue weighted by Crippen LogP contribution is 2.41. The standard InChI is InChI=1S/C20H30N4O2/c1-12-3-4-16(14-5-7-22-8-6-14)17(9-12)18(25)20(26)24-15-10-13(2)19(21)23-11-15/h10-12,14,16-17,22H,3-9H2,1-2H3,(H2,21,23)(H,24,26)/t12-,16+,17?/m0/s1. The van der Waals surface area contributed by atoms with E-state index in [9.17, 15) is 9.59 Å². The predicted octanol–water partition coefficient (Wildman–Crippen LogP) is 2.53. The Bertz CT molecular complexity index is 670. The number of nitrogens with two attached hydrogens (primary N) is 1. The molecule has 1 saturated heterocycles. The van der Waals surface area contributed by atoms with Crippen molar-refractivity contribution in [2.75, 3.05) is 24.1 Å². The number of nitrogens with zero attached hydrogens (tertiary/aromatic N) is 1. The third kappa shape index (κ3) is 4.23. The molecule has 3 rings (SSSR count). The first-order chi connectivity index (χ1) is 12.5. The summed E-state index contributed by atoms with van der Waals surface area (Å²) in [7, 11) is 0. The number of aromatic nitrogens is 1. The van der Waals surface area contributed by atoms with Gasteiger partial charge in [-0.05, 0) is 75.1 Å². The second-order valence-electron chi connectivity index (χ2n) is 8.02. The number of piperidine rings is 1. The molecule has 1 aromatic heterocycles. The monoisotopic (exact) mass is 358 g/mol. The average Bonchev–Trinajstić information content (AvgIpc) is 2.64. The molecule has 2 aliphatic rings. The first-order valence-electron chi connectivity index (χ1n) is 9.73. The van der Waals surface area contributed by atoms with Gasteiger partial charge in [0.05, 0.1) is 11.9 Å². The number of Topliss-reactive ketones (excluding diaryl/α,β-unsaturated/α-hetero) is 1. The third-order valence-corrected chi connectivity index (χ3v) is 6.09. The maximum absolute atomic E-state index is 13.0. The number of hydrogen-bond donors (Lipinski definition) is 3. The number of anilines is 2. The van der Waals surface area contributed by atoms with E-state index in [0.717, 1.165) is 50.8 Å². The van der Waals surface area contributed by atoms with Gasteiger partial charge >= 0.3 is 0 Å². The second-order valence-corrected chi connectivity index (χ2v) is 8.02. The number of hydrogen-bond acceptors (Lipinski definition) is 5. The number of rotatable bonds is 4. The Morgan fingerprint density at radius 2 is 1.96 bits per heavy atom. The van der Waals surface area contributed by atoms with Crippen LogP contribution in [0.25, 0.3) is 0 Å². The lowest BCUT2D eigenvalue weighted by molar-refractivity contribution is -0.140. The molecule has 4 N–H and O–H groups in total. The van der Waals surface area contributed by atoms with Crippen LogP contribution < -0.4 is 16.4 Å². The van der Waals surface area contributed by atoms with Crippen LogP contribution in [0.4, 0.5) is 11.5 Å². The summed E-state index contributed by atoms with van der Waals surface area (Å²) in [5.41, 5.74) is 7.03. The minimum absolute atomic E-state index is 0.162. The van der Waals surface area contributed by atoms with Gasteiger partial charge in [-0.2, -0.15) is 0 Å². The molecule has 1 aliphatic heterocycles. The van der Waals surface area contributed by atoms with Crippen LogP contribution in [0, 0.1) is 30.6 Å². The van der Waals surface area contributed by atoms with Gasteiger partial charge in [0.2, 0.25) is 5.78 Å². The van der Waals surface area contributed by atoms with Crippen molar-refractivity contribution >= 4 is 23.2 Å². The Morgan fingerprint density at radius 3 is 2.65 bits per heavy atom. The van der Waals surface area contributed by atoms with Crippen LogP contribution in [0.1, 0.15) is 44.6 Å². The molecule has 2 fully saturated rings. The lowest BCUT2D eigenvalue weighted by Crippen LogP contribution is -2.42. The van der Waals surface area contributed by atoms with Gasteiger partial charge in [0.1, 0.15) is 5.82 Å². The van der Waals surface area contributed by atoms with Gasteiger partial charge < -0.3 is 16.4 Å². The minimum Gasteiger partial charge on any atom is -0.383 e. The zero-order valence-electron chi connectivity index (χ0n) is 15.8. The van der Waals surface area contributed by atoms with Gasteiger partial charge in [-0.15, -0.1) is 0 Å². The summed E-state index contributed by atoms with van der Waals surface area (Å²) in [6.07, 6.45) is 6.73. The van der Waals surface area contributed by atoms with Crippen LogP contribution in [-0.2, 0) is 9.59 Å². The fraction of sp³-hybridized carbons (Fsp3) is 0.650. The Kier molecular flexibility index (Phi) is 5.91. The summed E-state index contributed by atoms with van der Waals surface area (Å²) < 4.78 is 0. The van der Waals surface area contributed by atoms with Crippen LogP contribution in [-0.4, -0.2) is 29.8 Å². The Balaban J connectivity index is 1.71. The molecule has 6 nitrogen and oxygen atoms in total. The predicted molar refractivity (Wildman–Crippen MR) is 103 cm³/mol. The van der Waals surface area contributed by atoms with Crippen molar-refractivity contribution in [1.82, 2.24) is 10.3 Å². The minimum atomic E-state index is -0.519. The summed E-state index contributed by atoms with van der Waals surface area (Å²) in [5, 5.41) is 6.12. The highest BCUT2D eigenvalue weighted by Gasteiger charge is 2.40. The molecule has 2 heterocycles. The Labute approximate surface area is 155 Å². The van der Waals surface area contributed by atoms with Crippen molar-refractivity contribution in [2.45, 2.75) is 46.0 Å². The molecule has 26 heavy (non-hydrogen) atoms. The maximum Gasteiger partial charge on any atom is 0.292 e. The van der Waals surface area contributed by atoms with Crippen molar-refractivity contribution in [1.29, 1.82) is 0 Å². The largest absolute Gasteiger partial charge is 0.383 e. The van der Waals surface area contributed by atoms with Gasteiger partial charge in [0.25, 0.3) is 5.91 Å². The number of aryl methyl sites for hydroxylation is 1. The lowest BCUT2D eigenvalue weighted by Gasteiger charge is -2.40. The number of carbonyl (C=O) groups excluding carboxylic acids is 2. The van der Waals surface area contributed by atoms with Gasteiger partial charge in [0, 0.05) is 5.92 Å². The molecule has 0 bridgehead atoms. The summed E-state index contributed by atoms with van der Waals surface area (Å²) >= 11 is 0. The molecule has 3 atom stereocenters. The highest BCUT2D eigenvalue weighted by atomic mass is 16.2. The van der Waals surface area contributed by atoms with Gasteiger partial charge in [-0.3, -0.25) is 9.59 Å². The quantitative estimate of drug-likeness (QED) is 0.719. The number of nitrogen functional groups attached to an aromatic ring is 1. The average molecular weight is 358 g/mol. The lowest BCUT2D eigenvalue weighted by atomic mass is 9.65. The molecule has 1 unspecified atom stereocenters. The summed E-state index contributed by atoms with van der Waals surface area (Å²) in [6, 6.07) is 1.75. The number of carbonyl (C=O) groups is 2. The number of amides is 1. The van der Waals surface area contributed by atoms with Crippen molar-refractivity contribution < 1.29 is 9.59 Å². The van der Waals surface area contributed by atoms with E-state index in [1.807, 2.05) is 6.92 Å². The number of nitrogens with one attached hydrogen (secondary N) is 2. The Hall–Kier alpha value is -1.95. The van der Waals surface area contributed by atoms with E-state index in [2.05, 4.69) is 22.5 Å². The van der Waals surface area contributed by atoms with Crippen LogP contribution >= 0.6 is 0 Å². The van der Waals surface area contributed by atoms with Gasteiger partial charge in [0.15, 0.2) is 0 Å². The molecule has 1 aromatic rings. The van der Waals surface area contributed by atoms with Crippen LogP contribution in [0.5, 0.6) is 0 Å². The normalized spacial score (nSPS) is 27.1. The zero-order valence-corrected chi connectivity index (χ0v) is 15.8. The van der Waals surface area contributed by atoms with Crippen LogP contribution in [0.3, 0.4) is 0 Å². The molecule has 1 aliphatic carbocycles.